The van der Waals surface area contributed by atoms with E-state index in [-0.39, 0.29) is 0 Å². The zero-order valence-electron chi connectivity index (χ0n) is 10.8. The molecule has 2 aromatic heterocycles. The number of fused-ring (bicyclic) bond motifs is 2. The van der Waals surface area contributed by atoms with Gasteiger partial charge in [0.25, 0.3) is 0 Å². The van der Waals surface area contributed by atoms with Crippen LogP contribution in [-0.4, -0.2) is 15.0 Å². The minimum atomic E-state index is 0.543. The highest BCUT2D eigenvalue weighted by molar-refractivity contribution is 9.10. The first-order chi connectivity index (χ1) is 10.2. The molecule has 0 saturated carbocycles. The number of hydrogen-bond acceptors (Lipinski definition) is 4. The van der Waals surface area contributed by atoms with Gasteiger partial charge in [0.1, 0.15) is 10.8 Å². The Bertz CT molecular complexity index is 869. The highest BCUT2D eigenvalue weighted by Crippen LogP contribution is 2.35. The van der Waals surface area contributed by atoms with Gasteiger partial charge >= 0.3 is 0 Å². The maximum absolute atomic E-state index is 6.29. The number of aromatic nitrogens is 3. The van der Waals surface area contributed by atoms with Crippen molar-refractivity contribution in [2.24, 2.45) is 0 Å². The molecule has 4 rings (SSSR count). The van der Waals surface area contributed by atoms with Gasteiger partial charge in [0.15, 0.2) is 5.82 Å². The minimum Gasteiger partial charge on any atom is -0.243 e. The monoisotopic (exact) mass is 377 g/mol. The van der Waals surface area contributed by atoms with Crippen molar-refractivity contribution in [1.82, 2.24) is 15.0 Å². The molecule has 104 valence electrons. The Morgan fingerprint density at radius 3 is 2.86 bits per heavy atom. The van der Waals surface area contributed by atoms with Crippen molar-refractivity contribution >= 4 is 50.2 Å². The van der Waals surface area contributed by atoms with Crippen LogP contribution in [0.3, 0.4) is 0 Å². The van der Waals surface area contributed by atoms with Crippen LogP contribution < -0.4 is 0 Å². The summed E-state index contributed by atoms with van der Waals surface area (Å²) in [5.41, 5.74) is 3.74. The molecule has 0 saturated heterocycles. The number of halogens is 2. The minimum absolute atomic E-state index is 0.543. The predicted molar refractivity (Wildman–Crippen MR) is 90.5 cm³/mol. The lowest BCUT2D eigenvalue weighted by atomic mass is 10.2. The van der Waals surface area contributed by atoms with Crippen molar-refractivity contribution in [3.63, 3.8) is 0 Å². The van der Waals surface area contributed by atoms with E-state index >= 15 is 0 Å². The van der Waals surface area contributed by atoms with Gasteiger partial charge in [-0.05, 0) is 28.1 Å². The first-order valence-electron chi connectivity index (χ1n) is 6.41. The number of hydrogen-bond donors (Lipinski definition) is 0. The Morgan fingerprint density at radius 2 is 1.95 bits per heavy atom. The average molecular weight is 379 g/mol. The molecule has 0 spiro atoms. The van der Waals surface area contributed by atoms with Gasteiger partial charge in [-0.15, -0.1) is 0 Å². The Morgan fingerprint density at radius 1 is 1.10 bits per heavy atom. The first-order valence-corrected chi connectivity index (χ1v) is 8.73. The van der Waals surface area contributed by atoms with E-state index in [9.17, 15) is 0 Å². The molecule has 0 fully saturated rings. The van der Waals surface area contributed by atoms with Gasteiger partial charge in [0, 0.05) is 26.9 Å². The van der Waals surface area contributed by atoms with Crippen LogP contribution in [0, 0.1) is 0 Å². The van der Waals surface area contributed by atoms with Crippen LogP contribution >= 0.6 is 39.3 Å². The van der Waals surface area contributed by atoms with E-state index in [1.54, 1.807) is 0 Å². The molecule has 0 radical (unpaired) electrons. The van der Waals surface area contributed by atoms with Crippen LogP contribution in [-0.2, 0) is 11.5 Å². The lowest BCUT2D eigenvalue weighted by Gasteiger charge is -2.08. The molecule has 3 aromatic rings. The molecule has 6 heteroatoms. The summed E-state index contributed by atoms with van der Waals surface area (Å²) < 4.78 is 0.878. The molecule has 0 atom stereocenters. The van der Waals surface area contributed by atoms with E-state index in [1.165, 1.54) is 0 Å². The zero-order valence-corrected chi connectivity index (χ0v) is 14.0. The largest absolute Gasteiger partial charge is 0.243 e. The fourth-order valence-corrected chi connectivity index (χ4v) is 4.25. The molecular formula is C15H9BrClN3S. The van der Waals surface area contributed by atoms with E-state index in [0.29, 0.717) is 11.0 Å². The Balaban J connectivity index is 1.94. The lowest BCUT2D eigenvalue weighted by molar-refractivity contribution is 1.06. The standard InChI is InChI=1S/C15H9BrClN3S/c16-10-5-8-3-1-2-4-11(8)18-13(10)15-19-12-7-21-6-9(12)14(17)20-15/h1-5H,6-7H2. The molecule has 1 aromatic carbocycles. The number of pyridine rings is 1. The van der Waals surface area contributed by atoms with E-state index in [2.05, 4.69) is 30.9 Å². The molecular weight excluding hydrogens is 370 g/mol. The number of thioether (sulfide) groups is 1. The number of nitrogens with zero attached hydrogens (tertiary/aromatic N) is 3. The molecule has 0 unspecified atom stereocenters. The van der Waals surface area contributed by atoms with Crippen molar-refractivity contribution in [1.29, 1.82) is 0 Å². The summed E-state index contributed by atoms with van der Waals surface area (Å²) in [4.78, 5) is 13.7. The van der Waals surface area contributed by atoms with E-state index in [0.717, 1.165) is 43.8 Å². The van der Waals surface area contributed by atoms with Crippen LogP contribution in [0.4, 0.5) is 0 Å². The molecule has 0 bridgehead atoms. The first kappa shape index (κ1) is 13.5. The second kappa shape index (κ2) is 5.23. The summed E-state index contributed by atoms with van der Waals surface area (Å²) in [5, 5.41) is 1.62. The van der Waals surface area contributed by atoms with Crippen molar-refractivity contribution < 1.29 is 0 Å². The maximum atomic E-state index is 6.29. The Kier molecular flexibility index (Phi) is 3.36. The molecule has 1 aliphatic rings. The van der Waals surface area contributed by atoms with E-state index < -0.39 is 0 Å². The lowest BCUT2D eigenvalue weighted by Crippen LogP contribution is -1.99. The van der Waals surface area contributed by atoms with Crippen molar-refractivity contribution in [3.05, 3.63) is 51.2 Å². The van der Waals surface area contributed by atoms with Gasteiger partial charge in [0.2, 0.25) is 0 Å². The van der Waals surface area contributed by atoms with Crippen LogP contribution in [0.15, 0.2) is 34.8 Å². The number of benzene rings is 1. The van der Waals surface area contributed by atoms with Crippen LogP contribution in [0.25, 0.3) is 22.4 Å². The van der Waals surface area contributed by atoms with E-state index in [1.807, 2.05) is 42.1 Å². The highest BCUT2D eigenvalue weighted by Gasteiger charge is 2.20. The molecule has 21 heavy (non-hydrogen) atoms. The fraction of sp³-hybridized carbons (Fsp3) is 0.133. The SMILES string of the molecule is Clc1nc(-c2nc3ccccc3cc2Br)nc2c1CSC2. The summed E-state index contributed by atoms with van der Waals surface area (Å²) in [6.07, 6.45) is 0. The molecule has 1 aliphatic heterocycles. The van der Waals surface area contributed by atoms with Crippen molar-refractivity contribution in [3.8, 4) is 11.5 Å². The summed E-state index contributed by atoms with van der Waals surface area (Å²) in [5.74, 6) is 2.36. The predicted octanol–water partition coefficient (Wildman–Crippen LogP) is 4.85. The molecule has 3 heterocycles. The molecule has 0 aliphatic carbocycles. The molecule has 3 nitrogen and oxygen atoms in total. The third-order valence-corrected chi connectivity index (χ3v) is 5.30. The average Bonchev–Trinajstić information content (AvgIpc) is 2.95. The number of para-hydroxylation sites is 1. The molecule has 0 amide bonds. The van der Waals surface area contributed by atoms with Crippen molar-refractivity contribution in [2.45, 2.75) is 11.5 Å². The third-order valence-electron chi connectivity index (χ3n) is 3.42. The van der Waals surface area contributed by atoms with Gasteiger partial charge in [-0.25, -0.2) is 15.0 Å². The van der Waals surface area contributed by atoms with E-state index in [4.69, 9.17) is 11.6 Å². The summed E-state index contributed by atoms with van der Waals surface area (Å²) in [6.45, 7) is 0. The van der Waals surface area contributed by atoms with Gasteiger partial charge in [-0.3, -0.25) is 0 Å². The van der Waals surface area contributed by atoms with Crippen molar-refractivity contribution in [2.75, 3.05) is 0 Å². The summed E-state index contributed by atoms with van der Waals surface area (Å²) in [6, 6.07) is 10.0. The third kappa shape index (κ3) is 2.33. The molecule has 0 N–H and O–H groups in total. The fourth-order valence-electron chi connectivity index (χ4n) is 2.36. The Labute approximate surface area is 139 Å². The number of rotatable bonds is 1. The zero-order chi connectivity index (χ0) is 14.4. The van der Waals surface area contributed by atoms with Gasteiger partial charge in [-0.1, -0.05) is 29.8 Å². The Hall–Kier alpha value is -1.17. The highest BCUT2D eigenvalue weighted by atomic mass is 79.9. The smallest absolute Gasteiger partial charge is 0.181 e. The van der Waals surface area contributed by atoms with Crippen LogP contribution in [0.1, 0.15) is 11.3 Å². The van der Waals surface area contributed by atoms with Gasteiger partial charge < -0.3 is 0 Å². The van der Waals surface area contributed by atoms with Gasteiger partial charge in [0.05, 0.1) is 11.2 Å². The van der Waals surface area contributed by atoms with Crippen LogP contribution in [0.5, 0.6) is 0 Å². The maximum Gasteiger partial charge on any atom is 0.181 e. The second-order valence-electron chi connectivity index (χ2n) is 4.77. The quantitative estimate of drug-likeness (QED) is 0.567. The summed E-state index contributed by atoms with van der Waals surface area (Å²) >= 11 is 11.7. The topological polar surface area (TPSA) is 38.7 Å². The summed E-state index contributed by atoms with van der Waals surface area (Å²) in [7, 11) is 0. The van der Waals surface area contributed by atoms with Gasteiger partial charge in [-0.2, -0.15) is 11.8 Å². The van der Waals surface area contributed by atoms with Crippen LogP contribution in [0.2, 0.25) is 5.15 Å². The second-order valence-corrected chi connectivity index (χ2v) is 6.97. The normalized spacial score (nSPS) is 13.6.